The lowest BCUT2D eigenvalue weighted by Crippen LogP contribution is -2.46. The maximum Gasteiger partial charge on any atom is 0.261 e. The smallest absolute Gasteiger partial charge is 0.261 e. The maximum atomic E-state index is 12.9. The lowest BCUT2D eigenvalue weighted by molar-refractivity contribution is 0.0698. The van der Waals surface area contributed by atoms with Gasteiger partial charge in [0, 0.05) is 24.7 Å². The fraction of sp³-hybridized carbons (Fsp3) is 0.333. The zero-order valence-electron chi connectivity index (χ0n) is 15.9. The van der Waals surface area contributed by atoms with Crippen LogP contribution in [0.3, 0.4) is 0 Å². The number of carbonyl (C=O) groups is 2. The average Bonchev–Trinajstić information content (AvgIpc) is 3.24. The summed E-state index contributed by atoms with van der Waals surface area (Å²) in [6, 6.07) is 9.30. The molecular formula is C21H22N4O2S. The highest BCUT2D eigenvalue weighted by Crippen LogP contribution is 2.19. The SMILES string of the molecule is Cc1nc2ccc(C(=O)N3CCC(NC(=O)c4cccs4)CC3)cc2nc1C. The summed E-state index contributed by atoms with van der Waals surface area (Å²) in [7, 11) is 0. The molecule has 1 aliphatic heterocycles. The molecule has 3 heterocycles. The van der Waals surface area contributed by atoms with Crippen LogP contribution in [0.2, 0.25) is 0 Å². The van der Waals surface area contributed by atoms with Gasteiger partial charge in [-0.1, -0.05) is 6.07 Å². The Balaban J connectivity index is 1.40. The zero-order valence-corrected chi connectivity index (χ0v) is 16.8. The molecule has 3 aromatic rings. The molecule has 4 rings (SSSR count). The third kappa shape index (κ3) is 3.75. The van der Waals surface area contributed by atoms with Crippen LogP contribution in [0, 0.1) is 13.8 Å². The number of nitrogens with zero attached hydrogens (tertiary/aromatic N) is 3. The van der Waals surface area contributed by atoms with E-state index in [9.17, 15) is 9.59 Å². The number of likely N-dealkylation sites (tertiary alicyclic amines) is 1. The van der Waals surface area contributed by atoms with Gasteiger partial charge in [-0.25, -0.2) is 9.97 Å². The first-order valence-corrected chi connectivity index (χ1v) is 10.3. The molecule has 2 amide bonds. The molecule has 0 bridgehead atoms. The van der Waals surface area contributed by atoms with E-state index >= 15 is 0 Å². The number of carbonyl (C=O) groups excluding carboxylic acids is 2. The highest BCUT2D eigenvalue weighted by Gasteiger charge is 2.25. The molecule has 0 spiro atoms. The molecule has 1 N–H and O–H groups in total. The lowest BCUT2D eigenvalue weighted by atomic mass is 10.0. The summed E-state index contributed by atoms with van der Waals surface area (Å²) in [6.07, 6.45) is 1.52. The first-order chi connectivity index (χ1) is 13.5. The second-order valence-corrected chi connectivity index (χ2v) is 8.06. The van der Waals surface area contributed by atoms with Gasteiger partial charge in [-0.15, -0.1) is 11.3 Å². The van der Waals surface area contributed by atoms with Crippen LogP contribution in [-0.4, -0.2) is 45.8 Å². The second-order valence-electron chi connectivity index (χ2n) is 7.12. The molecule has 0 unspecified atom stereocenters. The van der Waals surface area contributed by atoms with Crippen molar-refractivity contribution in [1.29, 1.82) is 0 Å². The minimum absolute atomic E-state index is 0.00459. The number of rotatable bonds is 3. The van der Waals surface area contributed by atoms with Crippen LogP contribution >= 0.6 is 11.3 Å². The molecular weight excluding hydrogens is 372 g/mol. The predicted molar refractivity (Wildman–Crippen MR) is 110 cm³/mol. The molecule has 7 heteroatoms. The topological polar surface area (TPSA) is 75.2 Å². The number of hydrogen-bond donors (Lipinski definition) is 1. The maximum absolute atomic E-state index is 12.9. The van der Waals surface area contributed by atoms with Crippen molar-refractivity contribution in [2.75, 3.05) is 13.1 Å². The molecule has 1 aromatic carbocycles. The minimum Gasteiger partial charge on any atom is -0.348 e. The van der Waals surface area contributed by atoms with Crippen LogP contribution in [0.1, 0.15) is 44.3 Å². The molecule has 1 saturated heterocycles. The van der Waals surface area contributed by atoms with Gasteiger partial charge in [0.15, 0.2) is 0 Å². The third-order valence-corrected chi connectivity index (χ3v) is 6.05. The Morgan fingerprint density at radius 3 is 2.46 bits per heavy atom. The van der Waals surface area contributed by atoms with Gasteiger partial charge in [-0.2, -0.15) is 0 Å². The molecule has 1 fully saturated rings. The van der Waals surface area contributed by atoms with Crippen molar-refractivity contribution in [3.8, 4) is 0 Å². The monoisotopic (exact) mass is 394 g/mol. The highest BCUT2D eigenvalue weighted by atomic mass is 32.1. The normalized spacial score (nSPS) is 15.0. The Hall–Kier alpha value is -2.80. The molecule has 144 valence electrons. The Morgan fingerprint density at radius 1 is 1.07 bits per heavy atom. The van der Waals surface area contributed by atoms with E-state index in [2.05, 4.69) is 15.3 Å². The van der Waals surface area contributed by atoms with E-state index in [1.165, 1.54) is 11.3 Å². The Kier molecular flexibility index (Phi) is 5.09. The van der Waals surface area contributed by atoms with Crippen LogP contribution in [-0.2, 0) is 0 Å². The van der Waals surface area contributed by atoms with E-state index < -0.39 is 0 Å². The summed E-state index contributed by atoms with van der Waals surface area (Å²) >= 11 is 1.44. The molecule has 1 aliphatic rings. The van der Waals surface area contributed by atoms with Crippen LogP contribution in [0.4, 0.5) is 0 Å². The first kappa shape index (κ1) is 18.6. The largest absolute Gasteiger partial charge is 0.348 e. The average molecular weight is 395 g/mol. The van der Waals surface area contributed by atoms with Crippen molar-refractivity contribution < 1.29 is 9.59 Å². The standard InChI is InChI=1S/C21H22N4O2S/c1-13-14(2)23-18-12-15(5-6-17(18)22-13)21(27)25-9-7-16(8-10-25)24-20(26)19-4-3-11-28-19/h3-6,11-12,16H,7-10H2,1-2H3,(H,24,26). The van der Waals surface area contributed by atoms with E-state index in [1.54, 1.807) is 0 Å². The number of benzene rings is 1. The van der Waals surface area contributed by atoms with Crippen molar-refractivity contribution in [3.05, 3.63) is 57.5 Å². The van der Waals surface area contributed by atoms with Gasteiger partial charge < -0.3 is 10.2 Å². The van der Waals surface area contributed by atoms with Crippen molar-refractivity contribution >= 4 is 34.2 Å². The van der Waals surface area contributed by atoms with Crippen LogP contribution in [0.5, 0.6) is 0 Å². The third-order valence-electron chi connectivity index (χ3n) is 5.18. The van der Waals surface area contributed by atoms with E-state index in [-0.39, 0.29) is 17.9 Å². The minimum atomic E-state index is -0.0291. The summed E-state index contributed by atoms with van der Waals surface area (Å²) in [6.45, 7) is 5.11. The molecule has 0 radical (unpaired) electrons. The summed E-state index contributed by atoms with van der Waals surface area (Å²) in [5.41, 5.74) is 3.95. The predicted octanol–water partition coefficient (Wildman–Crippen LogP) is 3.34. The Bertz CT molecular complexity index is 1020. The number of thiophene rings is 1. The van der Waals surface area contributed by atoms with Gasteiger partial charge in [0.05, 0.1) is 27.3 Å². The van der Waals surface area contributed by atoms with Crippen molar-refractivity contribution in [1.82, 2.24) is 20.2 Å². The van der Waals surface area contributed by atoms with Crippen LogP contribution in [0.25, 0.3) is 11.0 Å². The second kappa shape index (κ2) is 7.67. The Morgan fingerprint density at radius 2 is 1.79 bits per heavy atom. The molecule has 2 aromatic heterocycles. The van der Waals surface area contributed by atoms with E-state index in [0.29, 0.717) is 18.7 Å². The van der Waals surface area contributed by atoms with Gasteiger partial charge in [0.2, 0.25) is 0 Å². The van der Waals surface area contributed by atoms with Crippen LogP contribution < -0.4 is 5.32 Å². The molecule has 0 aliphatic carbocycles. The molecule has 28 heavy (non-hydrogen) atoms. The first-order valence-electron chi connectivity index (χ1n) is 9.40. The van der Waals surface area contributed by atoms with Crippen molar-refractivity contribution in [2.24, 2.45) is 0 Å². The van der Waals surface area contributed by atoms with Crippen molar-refractivity contribution in [3.63, 3.8) is 0 Å². The summed E-state index contributed by atoms with van der Waals surface area (Å²) < 4.78 is 0. The Labute approximate surface area is 167 Å². The number of hydrogen-bond acceptors (Lipinski definition) is 5. The number of piperidine rings is 1. The zero-order chi connectivity index (χ0) is 19.7. The molecule has 0 saturated carbocycles. The number of aryl methyl sites for hydroxylation is 2. The summed E-state index contributed by atoms with van der Waals surface area (Å²) in [5, 5.41) is 4.97. The fourth-order valence-corrected chi connectivity index (χ4v) is 4.06. The number of nitrogens with one attached hydrogen (secondary N) is 1. The quantitative estimate of drug-likeness (QED) is 0.739. The van der Waals surface area contributed by atoms with E-state index in [1.807, 2.05) is 54.5 Å². The fourth-order valence-electron chi connectivity index (χ4n) is 3.44. The molecule has 0 atom stereocenters. The van der Waals surface area contributed by atoms with Gasteiger partial charge in [0.25, 0.3) is 11.8 Å². The summed E-state index contributed by atoms with van der Waals surface area (Å²) in [5.74, 6) is -0.0245. The number of amides is 2. The summed E-state index contributed by atoms with van der Waals surface area (Å²) in [4.78, 5) is 36.7. The lowest BCUT2D eigenvalue weighted by Gasteiger charge is -2.32. The van der Waals surface area contributed by atoms with Crippen LogP contribution in [0.15, 0.2) is 35.7 Å². The molecule has 6 nitrogen and oxygen atoms in total. The van der Waals surface area contributed by atoms with Gasteiger partial charge in [0.1, 0.15) is 0 Å². The van der Waals surface area contributed by atoms with Gasteiger partial charge in [-0.3, -0.25) is 9.59 Å². The van der Waals surface area contributed by atoms with E-state index in [0.717, 1.165) is 40.1 Å². The highest BCUT2D eigenvalue weighted by molar-refractivity contribution is 7.12. The van der Waals surface area contributed by atoms with Crippen molar-refractivity contribution in [2.45, 2.75) is 32.7 Å². The van der Waals surface area contributed by atoms with Gasteiger partial charge >= 0.3 is 0 Å². The number of fused-ring (bicyclic) bond motifs is 1. The number of aromatic nitrogens is 2. The van der Waals surface area contributed by atoms with Gasteiger partial charge in [-0.05, 0) is 56.3 Å². The van der Waals surface area contributed by atoms with E-state index in [4.69, 9.17) is 0 Å².